The number of hydrogen-bond acceptors (Lipinski definition) is 9. The number of hydrogen-bond donors (Lipinski definition) is 0. The first kappa shape index (κ1) is 29.8. The van der Waals surface area contributed by atoms with Crippen LogP contribution in [0.2, 0.25) is 0 Å². The molecule has 1 aromatic heterocycles. The van der Waals surface area contributed by atoms with Gasteiger partial charge in [0.1, 0.15) is 18.0 Å². The van der Waals surface area contributed by atoms with Crippen LogP contribution in [-0.4, -0.2) is 53.4 Å². The van der Waals surface area contributed by atoms with E-state index in [4.69, 9.17) is 4.99 Å². The minimum atomic E-state index is -0.910. The number of nitrogens with zero attached hydrogens (tertiary/aromatic N) is 7. The molecule has 1 fully saturated rings. The summed E-state index contributed by atoms with van der Waals surface area (Å²) < 4.78 is 0. The van der Waals surface area contributed by atoms with Crippen LogP contribution in [0.1, 0.15) is 73.4 Å². The predicted molar refractivity (Wildman–Crippen MR) is 165 cm³/mol. The van der Waals surface area contributed by atoms with Gasteiger partial charge in [0.15, 0.2) is 0 Å². The number of benzene rings is 3. The second kappa shape index (κ2) is 12.8. The molecule has 1 amide bonds. The number of aliphatic imine (C=N–C) groups is 1. The van der Waals surface area contributed by atoms with Crippen molar-refractivity contribution < 1.29 is 19.5 Å². The van der Waals surface area contributed by atoms with E-state index in [9.17, 15) is 19.7 Å². The molecule has 0 N–H and O–H groups in total. The van der Waals surface area contributed by atoms with E-state index in [2.05, 4.69) is 27.2 Å². The molecule has 0 saturated heterocycles. The lowest BCUT2D eigenvalue weighted by molar-refractivity contribution is -0.763. The van der Waals surface area contributed by atoms with Gasteiger partial charge >= 0.3 is 0 Å². The average Bonchev–Trinajstić information content (AvgIpc) is 3.81. The average molecular weight is 608 g/mol. The van der Waals surface area contributed by atoms with E-state index in [1.165, 1.54) is 6.07 Å². The number of carbonyl (C=O) groups excluding carboxylic acids is 2. The molecule has 12 nitrogen and oxygen atoms in total. The molecule has 1 spiro atoms. The lowest BCUT2D eigenvalue weighted by Gasteiger charge is -2.23. The molecule has 3 aromatic carbocycles. The summed E-state index contributed by atoms with van der Waals surface area (Å²) in [5, 5.41) is 22.2. The molecule has 1 aliphatic heterocycles. The second-order valence-corrected chi connectivity index (χ2v) is 11.4. The molecular formula is C33H33N7O5. The van der Waals surface area contributed by atoms with Gasteiger partial charge in [-0.05, 0) is 52.8 Å². The first-order chi connectivity index (χ1) is 21.9. The summed E-state index contributed by atoms with van der Waals surface area (Å²) in [5.74, 6) is 0.714. The van der Waals surface area contributed by atoms with Crippen LogP contribution >= 0.6 is 0 Å². The van der Waals surface area contributed by atoms with Gasteiger partial charge in [-0.15, -0.1) is 20.3 Å². The molecule has 0 bridgehead atoms. The fourth-order valence-corrected chi connectivity index (χ4v) is 6.09. The molecule has 2 heterocycles. The topological polar surface area (TPSA) is 146 Å². The molecule has 0 unspecified atom stereocenters. The lowest BCUT2D eigenvalue weighted by Crippen LogP contribution is -2.40. The highest BCUT2D eigenvalue weighted by atomic mass is 16.9. The van der Waals surface area contributed by atoms with Crippen LogP contribution in [0.15, 0.2) is 77.8 Å². The van der Waals surface area contributed by atoms with Gasteiger partial charge in [-0.1, -0.05) is 97.7 Å². The summed E-state index contributed by atoms with van der Waals surface area (Å²) in [6.07, 6.45) is 6.61. The Balaban J connectivity index is 1.21. The monoisotopic (exact) mass is 607 g/mol. The Morgan fingerprint density at radius 1 is 1.00 bits per heavy atom. The van der Waals surface area contributed by atoms with Gasteiger partial charge in [-0.3, -0.25) is 19.5 Å². The third-order valence-corrected chi connectivity index (χ3v) is 8.42. The van der Waals surface area contributed by atoms with Crippen molar-refractivity contribution in [2.75, 3.05) is 0 Å². The van der Waals surface area contributed by atoms with Crippen LogP contribution in [0.25, 0.3) is 22.5 Å². The predicted octanol–water partition coefficient (Wildman–Crippen LogP) is 5.65. The maximum atomic E-state index is 13.5. The van der Waals surface area contributed by atoms with Crippen LogP contribution in [0.5, 0.6) is 0 Å². The molecule has 1 saturated carbocycles. The molecule has 1 aliphatic carbocycles. The molecular weight excluding hydrogens is 574 g/mol. The molecule has 45 heavy (non-hydrogen) atoms. The summed E-state index contributed by atoms with van der Waals surface area (Å²) in [6, 6.07) is 22.0. The highest BCUT2D eigenvalue weighted by Crippen LogP contribution is 2.40. The minimum absolute atomic E-state index is 0.136. The number of rotatable bonds is 11. The molecule has 0 atom stereocenters. The third-order valence-electron chi connectivity index (χ3n) is 8.42. The summed E-state index contributed by atoms with van der Waals surface area (Å²) in [5.41, 5.74) is 3.40. The highest BCUT2D eigenvalue weighted by Gasteiger charge is 2.49. The van der Waals surface area contributed by atoms with Gasteiger partial charge < -0.3 is 4.84 Å². The normalized spacial score (nSPS) is 15.4. The van der Waals surface area contributed by atoms with Gasteiger partial charge in [-0.2, -0.15) is 0 Å². The van der Waals surface area contributed by atoms with Crippen molar-refractivity contribution in [2.24, 2.45) is 4.99 Å². The van der Waals surface area contributed by atoms with E-state index < -0.39 is 16.5 Å². The highest BCUT2D eigenvalue weighted by molar-refractivity contribution is 6.08. The van der Waals surface area contributed by atoms with Crippen LogP contribution in [0, 0.1) is 10.1 Å². The molecule has 4 aromatic rings. The van der Waals surface area contributed by atoms with Crippen LogP contribution in [0.3, 0.4) is 0 Å². The van der Waals surface area contributed by atoms with Crippen molar-refractivity contribution in [1.82, 2.24) is 25.1 Å². The number of carbonyl (C=O) groups is 2. The molecule has 230 valence electrons. The van der Waals surface area contributed by atoms with Gasteiger partial charge in [0.05, 0.1) is 6.54 Å². The van der Waals surface area contributed by atoms with Gasteiger partial charge in [0.2, 0.25) is 5.82 Å². The number of amides is 1. The van der Waals surface area contributed by atoms with E-state index in [0.29, 0.717) is 17.7 Å². The van der Waals surface area contributed by atoms with Crippen molar-refractivity contribution in [3.05, 3.63) is 99.6 Å². The van der Waals surface area contributed by atoms with Crippen molar-refractivity contribution in [3.8, 4) is 22.5 Å². The number of tetrazole rings is 1. The van der Waals surface area contributed by atoms with Gasteiger partial charge in [-0.25, -0.2) is 0 Å². The van der Waals surface area contributed by atoms with E-state index in [1.807, 2.05) is 53.4 Å². The standard InChI is InChI=1S/C33H33N7O5/c1-2-3-14-29-34-33(19-8-9-20-33)32(42)38(29)21-23-15-17-24(18-16-23)26-11-6-7-13-28(26)30-35-37-39(36-30)31(41)27-12-5-4-10-25(27)22-45-40(43)44/h4-7,10-13,15-18H,2-3,8-9,14,19-22H2,1H3. The Morgan fingerprint density at radius 3 is 2.44 bits per heavy atom. The molecule has 0 radical (unpaired) electrons. The smallest absolute Gasteiger partial charge is 0.297 e. The summed E-state index contributed by atoms with van der Waals surface area (Å²) >= 11 is 0. The van der Waals surface area contributed by atoms with E-state index in [1.54, 1.807) is 18.2 Å². The maximum Gasteiger partial charge on any atom is 0.297 e. The summed E-state index contributed by atoms with van der Waals surface area (Å²) in [4.78, 5) is 49.7. The fraction of sp³-hybridized carbons (Fsp3) is 0.333. The SMILES string of the molecule is CCCCC1=NC2(CCCC2)C(=O)N1Cc1ccc(-c2ccccc2-c2nnn(C(=O)c3ccccc3CO[N+](=O)[O-])n2)cc1. The zero-order valence-corrected chi connectivity index (χ0v) is 25.0. The Labute approximate surface area is 259 Å². The number of amidine groups is 1. The van der Waals surface area contributed by atoms with Crippen LogP contribution in [-0.2, 0) is 22.8 Å². The Kier molecular flexibility index (Phi) is 8.45. The fourth-order valence-electron chi connectivity index (χ4n) is 6.09. The summed E-state index contributed by atoms with van der Waals surface area (Å²) in [7, 11) is 0. The van der Waals surface area contributed by atoms with Crippen molar-refractivity contribution in [1.29, 1.82) is 0 Å². The third kappa shape index (κ3) is 6.08. The maximum absolute atomic E-state index is 13.5. The summed E-state index contributed by atoms with van der Waals surface area (Å²) in [6.45, 7) is 2.25. The van der Waals surface area contributed by atoms with Gasteiger partial charge in [0, 0.05) is 17.5 Å². The van der Waals surface area contributed by atoms with Crippen molar-refractivity contribution >= 4 is 17.6 Å². The zero-order chi connectivity index (χ0) is 31.4. The van der Waals surface area contributed by atoms with E-state index in [0.717, 1.165) is 72.3 Å². The van der Waals surface area contributed by atoms with Crippen LogP contribution < -0.4 is 0 Å². The first-order valence-corrected chi connectivity index (χ1v) is 15.2. The number of unbranched alkanes of at least 4 members (excludes halogenated alkanes) is 1. The van der Waals surface area contributed by atoms with Gasteiger partial charge in [0.25, 0.3) is 16.9 Å². The van der Waals surface area contributed by atoms with E-state index in [-0.39, 0.29) is 23.9 Å². The zero-order valence-electron chi connectivity index (χ0n) is 25.0. The number of aromatic nitrogens is 4. The Hall–Kier alpha value is -5.26. The largest absolute Gasteiger partial charge is 0.309 e. The molecule has 6 rings (SSSR count). The first-order valence-electron chi connectivity index (χ1n) is 15.2. The van der Waals surface area contributed by atoms with Crippen molar-refractivity contribution in [3.63, 3.8) is 0 Å². The molecule has 12 heteroatoms. The van der Waals surface area contributed by atoms with Crippen molar-refractivity contribution in [2.45, 2.75) is 70.6 Å². The Bertz CT molecular complexity index is 1760. The quantitative estimate of drug-likeness (QED) is 0.157. The minimum Gasteiger partial charge on any atom is -0.309 e. The Morgan fingerprint density at radius 2 is 1.71 bits per heavy atom. The lowest BCUT2D eigenvalue weighted by atomic mass is 9.97. The van der Waals surface area contributed by atoms with Crippen LogP contribution in [0.4, 0.5) is 0 Å². The van der Waals surface area contributed by atoms with E-state index >= 15 is 0 Å². The second-order valence-electron chi connectivity index (χ2n) is 11.4. The molecule has 2 aliphatic rings.